The van der Waals surface area contributed by atoms with Crippen molar-refractivity contribution in [3.8, 4) is 0 Å². The third-order valence-corrected chi connectivity index (χ3v) is 3.62. The molecule has 1 aliphatic carbocycles. The van der Waals surface area contributed by atoms with E-state index < -0.39 is 0 Å². The lowest BCUT2D eigenvalue weighted by molar-refractivity contribution is 0.0241. The van der Waals surface area contributed by atoms with Gasteiger partial charge in [-0.25, -0.2) is 4.98 Å². The monoisotopic (exact) mass is 280 g/mol. The summed E-state index contributed by atoms with van der Waals surface area (Å²) in [6, 6.07) is 0.354. The molecule has 0 radical (unpaired) electrons. The maximum absolute atomic E-state index is 11.7. The van der Waals surface area contributed by atoms with Crippen LogP contribution in [0.15, 0.2) is 12.5 Å². The molecule has 0 atom stereocenters. The van der Waals surface area contributed by atoms with Crippen LogP contribution < -0.4 is 11.1 Å². The predicted octanol–water partition coefficient (Wildman–Crippen LogP) is 0.826. The number of hydrogen-bond donors (Lipinski definition) is 2. The first-order chi connectivity index (χ1) is 9.65. The van der Waals surface area contributed by atoms with E-state index in [1.54, 1.807) is 17.1 Å². The topological polar surface area (TPSA) is 82.2 Å². The van der Waals surface area contributed by atoms with Gasteiger partial charge in [0.05, 0.1) is 12.4 Å². The molecule has 112 valence electrons. The van der Waals surface area contributed by atoms with Gasteiger partial charge in [0.2, 0.25) is 0 Å². The number of amides is 1. The summed E-state index contributed by atoms with van der Waals surface area (Å²) in [5, 5.41) is 2.84. The van der Waals surface area contributed by atoms with Crippen molar-refractivity contribution in [1.82, 2.24) is 14.9 Å². The third-order valence-electron chi connectivity index (χ3n) is 3.62. The molecule has 1 amide bonds. The van der Waals surface area contributed by atoms with Gasteiger partial charge in [0.1, 0.15) is 5.69 Å². The first-order valence-corrected chi connectivity index (χ1v) is 7.28. The van der Waals surface area contributed by atoms with Crippen molar-refractivity contribution in [3.05, 3.63) is 18.2 Å². The highest BCUT2D eigenvalue weighted by molar-refractivity contribution is 5.91. The maximum Gasteiger partial charge on any atom is 0.271 e. The molecule has 1 aliphatic rings. The lowest BCUT2D eigenvalue weighted by atomic mass is 9.94. The molecule has 1 fully saturated rings. The average Bonchev–Trinajstić information content (AvgIpc) is 2.87. The SMILES string of the molecule is Cn1cnc(C(=O)NCCCOC2CCC(N)CC2)c1. The summed E-state index contributed by atoms with van der Waals surface area (Å²) in [6.45, 7) is 1.30. The number of rotatable bonds is 6. The van der Waals surface area contributed by atoms with E-state index in [4.69, 9.17) is 10.5 Å². The highest BCUT2D eigenvalue weighted by Gasteiger charge is 2.18. The number of aryl methyl sites for hydroxylation is 1. The summed E-state index contributed by atoms with van der Waals surface area (Å²) >= 11 is 0. The maximum atomic E-state index is 11.7. The first kappa shape index (κ1) is 15.0. The van der Waals surface area contributed by atoms with E-state index >= 15 is 0 Å². The minimum Gasteiger partial charge on any atom is -0.378 e. The van der Waals surface area contributed by atoms with Crippen molar-refractivity contribution in [1.29, 1.82) is 0 Å². The highest BCUT2D eigenvalue weighted by Crippen LogP contribution is 2.19. The summed E-state index contributed by atoms with van der Waals surface area (Å²) in [7, 11) is 1.84. The molecular weight excluding hydrogens is 256 g/mol. The molecule has 0 unspecified atom stereocenters. The van der Waals surface area contributed by atoms with Crippen LogP contribution in [0.25, 0.3) is 0 Å². The zero-order valence-corrected chi connectivity index (χ0v) is 12.0. The Labute approximate surface area is 119 Å². The Balaban J connectivity index is 1.54. The van der Waals surface area contributed by atoms with Gasteiger partial charge in [-0.05, 0) is 32.1 Å². The molecule has 0 spiro atoms. The van der Waals surface area contributed by atoms with Crippen LogP contribution in [0.1, 0.15) is 42.6 Å². The third kappa shape index (κ3) is 4.61. The number of nitrogens with zero attached hydrogens (tertiary/aromatic N) is 2. The van der Waals surface area contributed by atoms with Crippen molar-refractivity contribution in [2.75, 3.05) is 13.2 Å². The van der Waals surface area contributed by atoms with Crippen molar-refractivity contribution in [2.24, 2.45) is 12.8 Å². The molecule has 1 aromatic rings. The number of aromatic nitrogens is 2. The minimum atomic E-state index is -0.130. The zero-order chi connectivity index (χ0) is 14.4. The van der Waals surface area contributed by atoms with Crippen LogP contribution in [-0.2, 0) is 11.8 Å². The van der Waals surface area contributed by atoms with Crippen LogP contribution in [0.4, 0.5) is 0 Å². The van der Waals surface area contributed by atoms with Crippen LogP contribution in [0.3, 0.4) is 0 Å². The van der Waals surface area contributed by atoms with Crippen molar-refractivity contribution in [2.45, 2.75) is 44.2 Å². The van der Waals surface area contributed by atoms with E-state index in [0.29, 0.717) is 31.0 Å². The summed E-state index contributed by atoms with van der Waals surface area (Å²) in [5.74, 6) is -0.130. The number of nitrogens with one attached hydrogen (secondary N) is 1. The summed E-state index contributed by atoms with van der Waals surface area (Å²) in [5.41, 5.74) is 6.31. The number of carbonyl (C=O) groups is 1. The van der Waals surface area contributed by atoms with Crippen LogP contribution in [-0.4, -0.2) is 40.8 Å². The Kier molecular flexibility index (Phi) is 5.55. The van der Waals surface area contributed by atoms with E-state index in [9.17, 15) is 4.79 Å². The van der Waals surface area contributed by atoms with Gasteiger partial charge < -0.3 is 20.4 Å². The molecular formula is C14H24N4O2. The van der Waals surface area contributed by atoms with Gasteiger partial charge in [0.25, 0.3) is 5.91 Å². The molecule has 1 heterocycles. The molecule has 0 aliphatic heterocycles. The Bertz CT molecular complexity index is 425. The fourth-order valence-electron chi connectivity index (χ4n) is 2.40. The second kappa shape index (κ2) is 7.40. The van der Waals surface area contributed by atoms with Gasteiger partial charge in [-0.15, -0.1) is 0 Å². The molecule has 1 saturated carbocycles. The molecule has 1 aromatic heterocycles. The zero-order valence-electron chi connectivity index (χ0n) is 12.0. The van der Waals surface area contributed by atoms with Crippen molar-refractivity contribution in [3.63, 3.8) is 0 Å². The van der Waals surface area contributed by atoms with E-state index in [1.165, 1.54) is 0 Å². The Morgan fingerprint density at radius 3 is 2.90 bits per heavy atom. The van der Waals surface area contributed by atoms with E-state index in [2.05, 4.69) is 10.3 Å². The van der Waals surface area contributed by atoms with Crippen molar-refractivity contribution < 1.29 is 9.53 Å². The summed E-state index contributed by atoms with van der Waals surface area (Å²) in [6.07, 6.45) is 8.72. The highest BCUT2D eigenvalue weighted by atomic mass is 16.5. The lowest BCUT2D eigenvalue weighted by Crippen LogP contribution is -2.31. The molecule has 0 saturated heterocycles. The minimum absolute atomic E-state index is 0.130. The number of carbonyl (C=O) groups excluding carboxylic acids is 1. The first-order valence-electron chi connectivity index (χ1n) is 7.28. The second-order valence-electron chi connectivity index (χ2n) is 5.44. The summed E-state index contributed by atoms with van der Waals surface area (Å²) in [4.78, 5) is 15.7. The van der Waals surface area contributed by atoms with Gasteiger partial charge in [-0.3, -0.25) is 4.79 Å². The predicted molar refractivity (Wildman–Crippen MR) is 76.3 cm³/mol. The molecule has 20 heavy (non-hydrogen) atoms. The normalized spacial score (nSPS) is 22.7. The van der Waals surface area contributed by atoms with Crippen LogP contribution in [0.5, 0.6) is 0 Å². The number of nitrogens with two attached hydrogens (primary N) is 1. The van der Waals surface area contributed by atoms with Crippen LogP contribution in [0.2, 0.25) is 0 Å². The number of ether oxygens (including phenoxy) is 1. The van der Waals surface area contributed by atoms with Crippen LogP contribution >= 0.6 is 0 Å². The van der Waals surface area contributed by atoms with E-state index in [-0.39, 0.29) is 5.91 Å². The Hall–Kier alpha value is -1.40. The molecule has 0 bridgehead atoms. The Morgan fingerprint density at radius 2 is 2.25 bits per heavy atom. The van der Waals surface area contributed by atoms with Gasteiger partial charge in [0.15, 0.2) is 0 Å². The lowest BCUT2D eigenvalue weighted by Gasteiger charge is -2.26. The Morgan fingerprint density at radius 1 is 1.50 bits per heavy atom. The standard InChI is InChI=1S/C14H24N4O2/c1-18-9-13(17-10-18)14(19)16-7-2-8-20-12-5-3-11(15)4-6-12/h9-12H,2-8,15H2,1H3,(H,16,19). The molecule has 3 N–H and O–H groups in total. The molecule has 6 heteroatoms. The second-order valence-corrected chi connectivity index (χ2v) is 5.44. The fraction of sp³-hybridized carbons (Fsp3) is 0.714. The quantitative estimate of drug-likeness (QED) is 0.756. The molecule has 0 aromatic carbocycles. The van der Waals surface area contributed by atoms with Gasteiger partial charge in [0, 0.05) is 32.4 Å². The van der Waals surface area contributed by atoms with Gasteiger partial charge >= 0.3 is 0 Å². The fourth-order valence-corrected chi connectivity index (χ4v) is 2.40. The largest absolute Gasteiger partial charge is 0.378 e. The smallest absolute Gasteiger partial charge is 0.271 e. The van der Waals surface area contributed by atoms with E-state index in [0.717, 1.165) is 32.1 Å². The number of hydrogen-bond acceptors (Lipinski definition) is 4. The molecule has 6 nitrogen and oxygen atoms in total. The number of imidazole rings is 1. The van der Waals surface area contributed by atoms with Gasteiger partial charge in [-0.1, -0.05) is 0 Å². The van der Waals surface area contributed by atoms with Crippen LogP contribution in [0, 0.1) is 0 Å². The summed E-state index contributed by atoms with van der Waals surface area (Å²) < 4.78 is 7.55. The average molecular weight is 280 g/mol. The van der Waals surface area contributed by atoms with Crippen molar-refractivity contribution >= 4 is 5.91 Å². The molecule has 2 rings (SSSR count). The van der Waals surface area contributed by atoms with E-state index in [1.807, 2.05) is 7.05 Å². The van der Waals surface area contributed by atoms with Gasteiger partial charge in [-0.2, -0.15) is 0 Å².